The van der Waals surface area contributed by atoms with Crippen molar-refractivity contribution >= 4 is 11.6 Å². The smallest absolute Gasteiger partial charge is 0.228 e. The van der Waals surface area contributed by atoms with Crippen molar-refractivity contribution in [2.24, 2.45) is 5.92 Å². The van der Waals surface area contributed by atoms with Gasteiger partial charge in [-0.2, -0.15) is 0 Å². The number of likely N-dealkylation sites (tertiary alicyclic amines) is 1. The number of nitrogens with two attached hydrogens (primary N) is 1. The summed E-state index contributed by atoms with van der Waals surface area (Å²) in [6.07, 6.45) is 2.49. The van der Waals surface area contributed by atoms with Crippen molar-refractivity contribution in [2.75, 3.05) is 18.8 Å². The maximum Gasteiger partial charge on any atom is 0.228 e. The molecule has 0 unspecified atom stereocenters. The van der Waals surface area contributed by atoms with E-state index in [-0.39, 0.29) is 17.9 Å². The number of aryl methyl sites for hydroxylation is 1. The van der Waals surface area contributed by atoms with Gasteiger partial charge in [-0.1, -0.05) is 0 Å². The normalized spacial score (nSPS) is 13.9. The van der Waals surface area contributed by atoms with Crippen LogP contribution >= 0.6 is 0 Å². The zero-order valence-electron chi connectivity index (χ0n) is 16.5. The average Bonchev–Trinajstić information content (AvgIpc) is 2.66. The molecule has 4 rings (SSSR count). The molecule has 3 aromatic rings. The quantitative estimate of drug-likeness (QED) is 0.700. The number of pyridine rings is 1. The molecule has 1 saturated heterocycles. The number of hydrogen-bond donors (Lipinski definition) is 1. The second-order valence-electron chi connectivity index (χ2n) is 7.52. The predicted molar refractivity (Wildman–Crippen MR) is 108 cm³/mol. The van der Waals surface area contributed by atoms with E-state index in [0.717, 1.165) is 24.0 Å². The topological polar surface area (TPSA) is 85.0 Å². The van der Waals surface area contributed by atoms with Gasteiger partial charge in [-0.25, -0.2) is 18.7 Å². The van der Waals surface area contributed by atoms with Gasteiger partial charge in [0.1, 0.15) is 17.5 Å². The van der Waals surface area contributed by atoms with Crippen LogP contribution in [0.2, 0.25) is 0 Å². The first-order valence-corrected chi connectivity index (χ1v) is 9.66. The lowest BCUT2D eigenvalue weighted by molar-refractivity contribution is -0.136. The number of hydrogen-bond acceptors (Lipinski definition) is 5. The number of aromatic nitrogens is 3. The molecule has 0 atom stereocenters. The van der Waals surface area contributed by atoms with Crippen LogP contribution in [0.5, 0.6) is 0 Å². The molecule has 154 valence electrons. The van der Waals surface area contributed by atoms with Crippen molar-refractivity contribution < 1.29 is 13.6 Å². The van der Waals surface area contributed by atoms with Crippen LogP contribution < -0.4 is 5.73 Å². The van der Waals surface area contributed by atoms with Gasteiger partial charge < -0.3 is 10.6 Å². The third-order valence-corrected chi connectivity index (χ3v) is 5.16. The van der Waals surface area contributed by atoms with E-state index in [2.05, 4.69) is 15.0 Å². The zero-order valence-corrected chi connectivity index (χ0v) is 16.5. The summed E-state index contributed by atoms with van der Waals surface area (Å²) in [4.78, 5) is 27.4. The van der Waals surface area contributed by atoms with Crippen LogP contribution in [0, 0.1) is 24.5 Å². The fraction of sp³-hybridized carbons (Fsp3) is 0.273. The van der Waals surface area contributed by atoms with Crippen LogP contribution in [0.15, 0.2) is 42.6 Å². The van der Waals surface area contributed by atoms with Gasteiger partial charge in [0, 0.05) is 48.9 Å². The second kappa shape index (κ2) is 8.14. The number of halogens is 2. The molecule has 2 N–H and O–H groups in total. The fourth-order valence-corrected chi connectivity index (χ4v) is 3.52. The largest absolute Gasteiger partial charge is 0.397 e. The maximum atomic E-state index is 14.1. The monoisotopic (exact) mass is 409 g/mol. The summed E-state index contributed by atoms with van der Waals surface area (Å²) >= 11 is 0. The number of anilines is 1. The molecule has 2 aromatic heterocycles. The Morgan fingerprint density at radius 2 is 1.97 bits per heavy atom. The van der Waals surface area contributed by atoms with Crippen molar-refractivity contribution in [2.45, 2.75) is 19.8 Å². The van der Waals surface area contributed by atoms with Crippen LogP contribution in [-0.2, 0) is 17.6 Å². The molecule has 1 aliphatic rings. The lowest BCUT2D eigenvalue weighted by Gasteiger charge is -2.39. The highest BCUT2D eigenvalue weighted by Crippen LogP contribution is 2.25. The summed E-state index contributed by atoms with van der Waals surface area (Å²) in [5.74, 6) is -0.362. The molecule has 1 fully saturated rings. The van der Waals surface area contributed by atoms with Gasteiger partial charge in [0.25, 0.3) is 0 Å². The maximum absolute atomic E-state index is 14.1. The molecular formula is C22H21F2N5O. The molecule has 0 radical (unpaired) electrons. The number of carbonyl (C=O) groups is 1. The van der Waals surface area contributed by atoms with E-state index < -0.39 is 11.6 Å². The van der Waals surface area contributed by atoms with Crippen LogP contribution in [0.3, 0.4) is 0 Å². The van der Waals surface area contributed by atoms with E-state index >= 15 is 0 Å². The Morgan fingerprint density at radius 1 is 1.17 bits per heavy atom. The standard InChI is InChI=1S/C22H21F2N5O/c1-13-6-7-26-21(27-13)8-14-11-29(12-14)22(30)10-20-18(25)4-5-19(28-20)16-3-2-15(23)9-17(16)24/h2-7,9,14H,8,10-12,25H2,1H3. The highest BCUT2D eigenvalue weighted by Gasteiger charge is 2.31. The van der Waals surface area contributed by atoms with Gasteiger partial charge in [-0.3, -0.25) is 9.78 Å². The third-order valence-electron chi connectivity index (χ3n) is 5.16. The van der Waals surface area contributed by atoms with E-state index in [1.54, 1.807) is 23.2 Å². The third kappa shape index (κ3) is 4.27. The molecule has 30 heavy (non-hydrogen) atoms. The molecule has 1 aliphatic heterocycles. The molecule has 0 spiro atoms. The molecule has 1 amide bonds. The number of benzene rings is 1. The van der Waals surface area contributed by atoms with Gasteiger partial charge in [0.05, 0.1) is 23.5 Å². The number of rotatable bonds is 5. The molecule has 0 aliphatic carbocycles. The molecule has 3 heterocycles. The van der Waals surface area contributed by atoms with Crippen LogP contribution in [0.1, 0.15) is 17.2 Å². The Balaban J connectivity index is 1.40. The summed E-state index contributed by atoms with van der Waals surface area (Å²) in [6, 6.07) is 8.28. The number of carbonyl (C=O) groups excluding carboxylic acids is 1. The van der Waals surface area contributed by atoms with Crippen molar-refractivity contribution in [3.05, 3.63) is 71.4 Å². The first-order valence-electron chi connectivity index (χ1n) is 9.66. The summed E-state index contributed by atoms with van der Waals surface area (Å²) in [7, 11) is 0. The highest BCUT2D eigenvalue weighted by molar-refractivity contribution is 5.81. The number of amides is 1. The van der Waals surface area contributed by atoms with Gasteiger partial charge in [-0.15, -0.1) is 0 Å². The Morgan fingerprint density at radius 3 is 2.70 bits per heavy atom. The van der Waals surface area contributed by atoms with Crippen molar-refractivity contribution in [3.8, 4) is 11.3 Å². The summed E-state index contributed by atoms with van der Waals surface area (Å²) < 4.78 is 27.2. The lowest BCUT2D eigenvalue weighted by atomic mass is 9.95. The van der Waals surface area contributed by atoms with E-state index in [0.29, 0.717) is 36.1 Å². The van der Waals surface area contributed by atoms with E-state index in [4.69, 9.17) is 5.73 Å². The number of nitrogen functional groups attached to an aromatic ring is 1. The van der Waals surface area contributed by atoms with Crippen LogP contribution in [0.4, 0.5) is 14.5 Å². The lowest BCUT2D eigenvalue weighted by Crippen LogP contribution is -2.51. The van der Waals surface area contributed by atoms with Crippen molar-refractivity contribution in [3.63, 3.8) is 0 Å². The molecule has 0 saturated carbocycles. The molecule has 0 bridgehead atoms. The molecule has 6 nitrogen and oxygen atoms in total. The minimum absolute atomic E-state index is 0.0240. The van der Waals surface area contributed by atoms with E-state index in [1.165, 1.54) is 12.1 Å². The van der Waals surface area contributed by atoms with Gasteiger partial charge in [0.15, 0.2) is 0 Å². The zero-order chi connectivity index (χ0) is 21.3. The first kappa shape index (κ1) is 19.9. The average molecular weight is 409 g/mol. The van der Waals surface area contributed by atoms with Crippen molar-refractivity contribution in [1.82, 2.24) is 19.9 Å². The van der Waals surface area contributed by atoms with Crippen LogP contribution in [-0.4, -0.2) is 38.8 Å². The second-order valence-corrected chi connectivity index (χ2v) is 7.52. The van der Waals surface area contributed by atoms with Crippen molar-refractivity contribution in [1.29, 1.82) is 0 Å². The fourth-order valence-electron chi connectivity index (χ4n) is 3.52. The Hall–Kier alpha value is -3.42. The summed E-state index contributed by atoms with van der Waals surface area (Å²) in [5, 5.41) is 0. The predicted octanol–water partition coefficient (Wildman–Crippen LogP) is 2.95. The minimum Gasteiger partial charge on any atom is -0.397 e. The first-order chi connectivity index (χ1) is 14.4. The molecular weight excluding hydrogens is 388 g/mol. The number of nitrogens with zero attached hydrogens (tertiary/aromatic N) is 4. The SMILES string of the molecule is Cc1ccnc(CC2CN(C(=O)Cc3nc(-c4ccc(F)cc4F)ccc3N)C2)n1. The van der Waals surface area contributed by atoms with Gasteiger partial charge >= 0.3 is 0 Å². The summed E-state index contributed by atoms with van der Waals surface area (Å²) in [6.45, 7) is 3.18. The minimum atomic E-state index is -0.714. The Kier molecular flexibility index (Phi) is 5.39. The Bertz CT molecular complexity index is 1100. The Labute approximate surface area is 172 Å². The van der Waals surface area contributed by atoms with Gasteiger partial charge in [-0.05, 0) is 37.3 Å². The van der Waals surface area contributed by atoms with E-state index in [9.17, 15) is 13.6 Å². The molecule has 1 aromatic carbocycles. The highest BCUT2D eigenvalue weighted by atomic mass is 19.1. The summed E-state index contributed by atoms with van der Waals surface area (Å²) in [5.41, 5.74) is 8.11. The molecule has 8 heteroatoms. The van der Waals surface area contributed by atoms with Gasteiger partial charge in [0.2, 0.25) is 5.91 Å². The van der Waals surface area contributed by atoms with E-state index in [1.807, 2.05) is 13.0 Å². The van der Waals surface area contributed by atoms with Crippen LogP contribution in [0.25, 0.3) is 11.3 Å².